The van der Waals surface area contributed by atoms with Crippen LogP contribution >= 0.6 is 0 Å². The van der Waals surface area contributed by atoms with Gasteiger partial charge in [-0.2, -0.15) is 0 Å². The Bertz CT molecular complexity index is 333. The van der Waals surface area contributed by atoms with E-state index in [2.05, 4.69) is 9.80 Å². The Balaban J connectivity index is 1.45. The van der Waals surface area contributed by atoms with Crippen LogP contribution in [0.25, 0.3) is 0 Å². The molecule has 1 unspecified atom stereocenters. The van der Waals surface area contributed by atoms with Gasteiger partial charge in [0.1, 0.15) is 0 Å². The molecule has 0 aromatic heterocycles. The molecule has 1 amide bonds. The van der Waals surface area contributed by atoms with Crippen LogP contribution in [0.2, 0.25) is 0 Å². The molecule has 0 bridgehead atoms. The third-order valence-electron chi connectivity index (χ3n) is 5.54. The Morgan fingerprint density at radius 1 is 1.00 bits per heavy atom. The summed E-state index contributed by atoms with van der Waals surface area (Å²) in [6.45, 7) is 4.17. The van der Waals surface area contributed by atoms with E-state index in [0.29, 0.717) is 23.9 Å². The minimum atomic E-state index is 0.396. The van der Waals surface area contributed by atoms with Gasteiger partial charge in [-0.1, -0.05) is 12.8 Å². The van der Waals surface area contributed by atoms with E-state index in [1.54, 1.807) is 0 Å². The van der Waals surface area contributed by atoms with E-state index in [4.69, 9.17) is 5.73 Å². The third kappa shape index (κ3) is 3.34. The maximum Gasteiger partial charge on any atom is 0.222 e. The first-order chi connectivity index (χ1) is 9.72. The van der Waals surface area contributed by atoms with Gasteiger partial charge < -0.3 is 10.6 Å². The molecule has 0 radical (unpaired) electrons. The maximum absolute atomic E-state index is 12.4. The Labute approximate surface area is 122 Å². The molecule has 2 aliphatic heterocycles. The molecule has 0 aromatic carbocycles. The number of hydrogen-bond donors (Lipinski definition) is 1. The summed E-state index contributed by atoms with van der Waals surface area (Å²) in [5.41, 5.74) is 5.97. The van der Waals surface area contributed by atoms with Crippen molar-refractivity contribution in [2.75, 3.05) is 26.2 Å². The highest BCUT2D eigenvalue weighted by molar-refractivity contribution is 5.76. The second kappa shape index (κ2) is 6.44. The Morgan fingerprint density at radius 3 is 2.40 bits per heavy atom. The van der Waals surface area contributed by atoms with Crippen LogP contribution in [0.5, 0.6) is 0 Å². The minimum absolute atomic E-state index is 0.396. The largest absolute Gasteiger partial charge is 0.341 e. The first kappa shape index (κ1) is 14.3. The van der Waals surface area contributed by atoms with Crippen LogP contribution in [0.15, 0.2) is 0 Å². The van der Waals surface area contributed by atoms with Crippen LogP contribution in [-0.4, -0.2) is 54.0 Å². The molecule has 3 rings (SSSR count). The lowest BCUT2D eigenvalue weighted by molar-refractivity contribution is -0.131. The van der Waals surface area contributed by atoms with E-state index < -0.39 is 0 Å². The number of likely N-dealkylation sites (tertiary alicyclic amines) is 2. The molecule has 2 N–H and O–H groups in total. The SMILES string of the molecule is NC1CCN(C2CCN(C(=O)CC3CCCC3)C2)CC1. The molecule has 2 saturated heterocycles. The van der Waals surface area contributed by atoms with E-state index in [1.165, 1.54) is 25.7 Å². The van der Waals surface area contributed by atoms with Gasteiger partial charge in [0, 0.05) is 31.6 Å². The lowest BCUT2D eigenvalue weighted by Gasteiger charge is -2.34. The Morgan fingerprint density at radius 2 is 1.70 bits per heavy atom. The zero-order valence-electron chi connectivity index (χ0n) is 12.6. The summed E-state index contributed by atoms with van der Waals surface area (Å²) in [4.78, 5) is 17.1. The van der Waals surface area contributed by atoms with Crippen LogP contribution in [0.4, 0.5) is 0 Å². The molecule has 3 aliphatic rings. The van der Waals surface area contributed by atoms with Gasteiger partial charge in [-0.15, -0.1) is 0 Å². The fraction of sp³-hybridized carbons (Fsp3) is 0.938. The van der Waals surface area contributed by atoms with Gasteiger partial charge in [0.2, 0.25) is 5.91 Å². The number of amides is 1. The lowest BCUT2D eigenvalue weighted by atomic mass is 10.0. The fourth-order valence-corrected chi connectivity index (χ4v) is 4.14. The van der Waals surface area contributed by atoms with Crippen molar-refractivity contribution in [1.82, 2.24) is 9.80 Å². The van der Waals surface area contributed by atoms with Crippen LogP contribution in [0.1, 0.15) is 51.4 Å². The number of carbonyl (C=O) groups excluding carboxylic acids is 1. The summed E-state index contributed by atoms with van der Waals surface area (Å²) >= 11 is 0. The molecular weight excluding hydrogens is 250 g/mol. The molecule has 20 heavy (non-hydrogen) atoms. The topological polar surface area (TPSA) is 49.6 Å². The van der Waals surface area contributed by atoms with Crippen molar-refractivity contribution in [3.05, 3.63) is 0 Å². The van der Waals surface area contributed by atoms with E-state index in [0.717, 1.165) is 51.9 Å². The second-order valence-corrected chi connectivity index (χ2v) is 7.01. The lowest BCUT2D eigenvalue weighted by Crippen LogP contribution is -2.46. The van der Waals surface area contributed by atoms with Crippen molar-refractivity contribution < 1.29 is 4.79 Å². The summed E-state index contributed by atoms with van der Waals surface area (Å²) in [5.74, 6) is 1.09. The summed E-state index contributed by atoms with van der Waals surface area (Å²) < 4.78 is 0. The highest BCUT2D eigenvalue weighted by Gasteiger charge is 2.32. The van der Waals surface area contributed by atoms with Gasteiger partial charge in [-0.3, -0.25) is 9.69 Å². The molecule has 1 aliphatic carbocycles. The summed E-state index contributed by atoms with van der Waals surface area (Å²) in [7, 11) is 0. The van der Waals surface area contributed by atoms with E-state index in [-0.39, 0.29) is 0 Å². The average Bonchev–Trinajstić information content (AvgIpc) is 3.10. The van der Waals surface area contributed by atoms with Gasteiger partial charge in [-0.25, -0.2) is 0 Å². The van der Waals surface area contributed by atoms with Crippen molar-refractivity contribution in [2.24, 2.45) is 11.7 Å². The average molecular weight is 279 g/mol. The monoisotopic (exact) mass is 279 g/mol. The molecule has 2 heterocycles. The molecular formula is C16H29N3O. The summed E-state index contributed by atoms with van der Waals surface area (Å²) in [5, 5.41) is 0. The van der Waals surface area contributed by atoms with Crippen molar-refractivity contribution in [1.29, 1.82) is 0 Å². The van der Waals surface area contributed by atoms with Gasteiger partial charge in [0.05, 0.1) is 0 Å². The highest BCUT2D eigenvalue weighted by Crippen LogP contribution is 2.29. The maximum atomic E-state index is 12.4. The molecule has 1 saturated carbocycles. The van der Waals surface area contributed by atoms with Crippen molar-refractivity contribution in [2.45, 2.75) is 63.5 Å². The van der Waals surface area contributed by atoms with E-state index in [1.807, 2.05) is 0 Å². The van der Waals surface area contributed by atoms with Gasteiger partial charge >= 0.3 is 0 Å². The van der Waals surface area contributed by atoms with Crippen LogP contribution in [0, 0.1) is 5.92 Å². The smallest absolute Gasteiger partial charge is 0.222 e. The molecule has 0 aromatic rings. The number of carbonyl (C=O) groups is 1. The summed E-state index contributed by atoms with van der Waals surface area (Å²) in [6.07, 6.45) is 9.39. The Hall–Kier alpha value is -0.610. The van der Waals surface area contributed by atoms with Gasteiger partial charge in [0.15, 0.2) is 0 Å². The molecule has 1 atom stereocenters. The zero-order valence-corrected chi connectivity index (χ0v) is 12.6. The third-order valence-corrected chi connectivity index (χ3v) is 5.54. The highest BCUT2D eigenvalue weighted by atomic mass is 16.2. The van der Waals surface area contributed by atoms with Crippen LogP contribution in [0.3, 0.4) is 0 Å². The molecule has 3 fully saturated rings. The molecule has 4 nitrogen and oxygen atoms in total. The van der Waals surface area contributed by atoms with Crippen molar-refractivity contribution in [3.8, 4) is 0 Å². The summed E-state index contributed by atoms with van der Waals surface area (Å²) in [6, 6.07) is 0.989. The quantitative estimate of drug-likeness (QED) is 0.853. The van der Waals surface area contributed by atoms with Gasteiger partial charge in [-0.05, 0) is 51.1 Å². The van der Waals surface area contributed by atoms with Crippen molar-refractivity contribution in [3.63, 3.8) is 0 Å². The molecule has 114 valence electrons. The number of rotatable bonds is 3. The van der Waals surface area contributed by atoms with Crippen molar-refractivity contribution >= 4 is 5.91 Å². The molecule has 0 spiro atoms. The van der Waals surface area contributed by atoms with E-state index >= 15 is 0 Å². The zero-order chi connectivity index (χ0) is 13.9. The fourth-order valence-electron chi connectivity index (χ4n) is 4.14. The predicted octanol–water partition coefficient (Wildman–Crippen LogP) is 1.59. The van der Waals surface area contributed by atoms with Gasteiger partial charge in [0.25, 0.3) is 0 Å². The molecule has 4 heteroatoms. The number of hydrogen-bond acceptors (Lipinski definition) is 3. The first-order valence-corrected chi connectivity index (χ1v) is 8.50. The minimum Gasteiger partial charge on any atom is -0.341 e. The Kier molecular flexibility index (Phi) is 4.61. The number of nitrogens with zero attached hydrogens (tertiary/aromatic N) is 2. The normalized spacial score (nSPS) is 30.2. The number of piperidine rings is 1. The number of nitrogens with two attached hydrogens (primary N) is 1. The first-order valence-electron chi connectivity index (χ1n) is 8.50. The van der Waals surface area contributed by atoms with Crippen LogP contribution in [-0.2, 0) is 4.79 Å². The second-order valence-electron chi connectivity index (χ2n) is 7.01. The van der Waals surface area contributed by atoms with E-state index in [9.17, 15) is 4.79 Å². The standard InChI is InChI=1S/C16H29N3O/c17-14-5-8-18(9-6-14)15-7-10-19(12-15)16(20)11-13-3-1-2-4-13/h13-15H,1-12,17H2. The predicted molar refractivity (Wildman–Crippen MR) is 80.3 cm³/mol. The van der Waals surface area contributed by atoms with Crippen LogP contribution < -0.4 is 5.73 Å².